The van der Waals surface area contributed by atoms with Crippen molar-refractivity contribution >= 4 is 11.5 Å². The van der Waals surface area contributed by atoms with Crippen molar-refractivity contribution in [2.75, 3.05) is 18.5 Å². The molecule has 0 aromatic carbocycles. The molecule has 8 heteroatoms. The second-order valence-electron chi connectivity index (χ2n) is 4.46. The van der Waals surface area contributed by atoms with Crippen molar-refractivity contribution < 1.29 is 9.84 Å². The Hall–Kier alpha value is -1.80. The highest BCUT2D eigenvalue weighted by molar-refractivity contribution is 5.43. The highest BCUT2D eigenvalue weighted by atomic mass is 16.5. The Labute approximate surface area is 103 Å². The Bertz CT molecular complexity index is 558. The molecule has 1 saturated heterocycles. The molecule has 1 aliphatic rings. The van der Waals surface area contributed by atoms with E-state index in [1.54, 1.807) is 12.4 Å². The molecule has 2 N–H and O–H groups in total. The molecule has 2 aromatic rings. The second-order valence-corrected chi connectivity index (χ2v) is 4.46. The van der Waals surface area contributed by atoms with Gasteiger partial charge in [0.25, 0.3) is 0 Å². The van der Waals surface area contributed by atoms with Crippen LogP contribution in [0.3, 0.4) is 0 Å². The number of anilines is 1. The van der Waals surface area contributed by atoms with Crippen LogP contribution in [0.2, 0.25) is 0 Å². The third kappa shape index (κ3) is 1.79. The lowest BCUT2D eigenvalue weighted by atomic mass is 9.97. The fourth-order valence-electron chi connectivity index (χ4n) is 2.04. The van der Waals surface area contributed by atoms with Gasteiger partial charge in [-0.2, -0.15) is 4.52 Å². The van der Waals surface area contributed by atoms with Crippen LogP contribution < -0.4 is 5.32 Å². The third-order valence-electron chi connectivity index (χ3n) is 3.34. The van der Waals surface area contributed by atoms with Gasteiger partial charge >= 0.3 is 0 Å². The largest absolute Gasteiger partial charge is 0.385 e. The van der Waals surface area contributed by atoms with E-state index in [2.05, 4.69) is 25.8 Å². The summed E-state index contributed by atoms with van der Waals surface area (Å²) < 4.78 is 6.92. The van der Waals surface area contributed by atoms with E-state index in [-0.39, 0.29) is 6.10 Å². The Morgan fingerprint density at radius 2 is 2.50 bits per heavy atom. The lowest BCUT2D eigenvalue weighted by molar-refractivity contribution is -0.0176. The molecule has 2 unspecified atom stereocenters. The van der Waals surface area contributed by atoms with Crippen LogP contribution in [0.25, 0.3) is 5.65 Å². The van der Waals surface area contributed by atoms with Crippen LogP contribution in [-0.4, -0.2) is 55.0 Å². The monoisotopic (exact) mass is 250 g/mol. The smallest absolute Gasteiger partial charge is 0.199 e. The minimum atomic E-state index is -0.865. The maximum absolute atomic E-state index is 10.4. The second kappa shape index (κ2) is 4.14. The predicted octanol–water partition coefficient (Wildman–Crippen LogP) is -0.529. The number of aliphatic hydroxyl groups is 1. The number of tetrazole rings is 1. The molecule has 0 amide bonds. The van der Waals surface area contributed by atoms with Gasteiger partial charge in [0.05, 0.1) is 18.5 Å². The molecular weight excluding hydrogens is 236 g/mol. The molecule has 2 atom stereocenters. The van der Waals surface area contributed by atoms with Crippen molar-refractivity contribution in [3.8, 4) is 0 Å². The number of aromatic nitrogens is 5. The van der Waals surface area contributed by atoms with Crippen LogP contribution in [0.4, 0.5) is 5.82 Å². The summed E-state index contributed by atoms with van der Waals surface area (Å²) in [6.45, 7) is 2.81. The van der Waals surface area contributed by atoms with Crippen LogP contribution in [0.5, 0.6) is 0 Å². The molecule has 8 nitrogen and oxygen atoms in total. The maximum Gasteiger partial charge on any atom is 0.199 e. The van der Waals surface area contributed by atoms with Crippen LogP contribution in [0.15, 0.2) is 12.4 Å². The summed E-state index contributed by atoms with van der Waals surface area (Å²) in [5.74, 6) is 0.644. The van der Waals surface area contributed by atoms with E-state index in [1.165, 1.54) is 4.52 Å². The number of hydrogen-bond acceptors (Lipinski definition) is 7. The molecule has 3 heterocycles. The Kier molecular flexibility index (Phi) is 2.60. The van der Waals surface area contributed by atoms with Gasteiger partial charge in [0.1, 0.15) is 5.60 Å². The van der Waals surface area contributed by atoms with Crippen molar-refractivity contribution in [1.29, 1.82) is 0 Å². The molecular formula is C10H14N6O2. The maximum atomic E-state index is 10.4. The van der Waals surface area contributed by atoms with E-state index in [1.807, 2.05) is 6.92 Å². The minimum absolute atomic E-state index is 0.189. The molecule has 0 saturated carbocycles. The molecule has 1 aliphatic heterocycles. The summed E-state index contributed by atoms with van der Waals surface area (Å²) in [5, 5.41) is 24.7. The number of fused-ring (bicyclic) bond motifs is 1. The van der Waals surface area contributed by atoms with Gasteiger partial charge in [0.2, 0.25) is 0 Å². The van der Waals surface area contributed by atoms with Gasteiger partial charge in [0.15, 0.2) is 11.5 Å². The summed E-state index contributed by atoms with van der Waals surface area (Å²) in [7, 11) is 0. The van der Waals surface area contributed by atoms with E-state index in [0.717, 1.165) is 0 Å². The van der Waals surface area contributed by atoms with Crippen LogP contribution in [0.1, 0.15) is 13.3 Å². The number of nitrogens with zero attached hydrogens (tertiary/aromatic N) is 5. The van der Waals surface area contributed by atoms with Crippen molar-refractivity contribution in [3.05, 3.63) is 12.4 Å². The van der Waals surface area contributed by atoms with Gasteiger partial charge < -0.3 is 15.2 Å². The van der Waals surface area contributed by atoms with E-state index in [9.17, 15) is 5.11 Å². The van der Waals surface area contributed by atoms with Gasteiger partial charge in [-0.25, -0.2) is 0 Å². The number of nitrogens with one attached hydrogen (secondary N) is 1. The Balaban J connectivity index is 1.79. The molecule has 3 rings (SSSR count). The fourth-order valence-corrected chi connectivity index (χ4v) is 2.04. The first-order chi connectivity index (χ1) is 8.69. The van der Waals surface area contributed by atoms with Gasteiger partial charge in [0, 0.05) is 19.6 Å². The van der Waals surface area contributed by atoms with Crippen molar-refractivity contribution in [3.63, 3.8) is 0 Å². The zero-order valence-electron chi connectivity index (χ0n) is 9.94. The lowest BCUT2D eigenvalue weighted by Gasteiger charge is -2.26. The third-order valence-corrected chi connectivity index (χ3v) is 3.34. The Morgan fingerprint density at radius 1 is 1.61 bits per heavy atom. The van der Waals surface area contributed by atoms with Crippen molar-refractivity contribution in [2.24, 2.45) is 0 Å². The first-order valence-corrected chi connectivity index (χ1v) is 5.79. The standard InChI is InChI=1S/C10H14N6O2/c1-7-10(17,2-3-18-7)6-12-8-4-11-5-9-13-14-15-16(8)9/h4-5,7,12,17H,2-3,6H2,1H3. The molecule has 2 aromatic heterocycles. The normalized spacial score (nSPS) is 27.8. The zero-order valence-corrected chi connectivity index (χ0v) is 9.94. The summed E-state index contributed by atoms with van der Waals surface area (Å²) in [4.78, 5) is 4.03. The van der Waals surface area contributed by atoms with E-state index in [4.69, 9.17) is 4.74 Å². The minimum Gasteiger partial charge on any atom is -0.385 e. The highest BCUT2D eigenvalue weighted by Crippen LogP contribution is 2.25. The van der Waals surface area contributed by atoms with Gasteiger partial charge in [-0.05, 0) is 17.4 Å². The Morgan fingerprint density at radius 3 is 3.28 bits per heavy atom. The number of ether oxygens (including phenoxy) is 1. The first-order valence-electron chi connectivity index (χ1n) is 5.79. The molecule has 1 fully saturated rings. The van der Waals surface area contributed by atoms with Crippen LogP contribution >= 0.6 is 0 Å². The van der Waals surface area contributed by atoms with E-state index < -0.39 is 5.60 Å². The lowest BCUT2D eigenvalue weighted by Crippen LogP contribution is -2.43. The molecule has 0 aliphatic carbocycles. The van der Waals surface area contributed by atoms with Crippen molar-refractivity contribution in [1.82, 2.24) is 25.0 Å². The van der Waals surface area contributed by atoms with Crippen molar-refractivity contribution in [2.45, 2.75) is 25.0 Å². The topological polar surface area (TPSA) is 97.5 Å². The zero-order chi connectivity index (χ0) is 12.6. The molecule has 0 bridgehead atoms. The highest BCUT2D eigenvalue weighted by Gasteiger charge is 2.39. The predicted molar refractivity (Wildman–Crippen MR) is 62.0 cm³/mol. The SMILES string of the molecule is CC1OCCC1(O)CNc1cncc2nnnn12. The van der Waals surface area contributed by atoms with Gasteiger partial charge in [-0.3, -0.25) is 4.98 Å². The summed E-state index contributed by atoms with van der Waals surface area (Å²) >= 11 is 0. The summed E-state index contributed by atoms with van der Waals surface area (Å²) in [6.07, 6.45) is 3.61. The number of hydrogen-bond donors (Lipinski definition) is 2. The van der Waals surface area contributed by atoms with Gasteiger partial charge in [-0.1, -0.05) is 0 Å². The molecule has 0 radical (unpaired) electrons. The van der Waals surface area contributed by atoms with E-state index in [0.29, 0.717) is 31.0 Å². The average molecular weight is 250 g/mol. The molecule has 96 valence electrons. The van der Waals surface area contributed by atoms with Crippen LogP contribution in [-0.2, 0) is 4.74 Å². The summed E-state index contributed by atoms with van der Waals surface area (Å²) in [5.41, 5.74) is -0.307. The van der Waals surface area contributed by atoms with Crippen LogP contribution in [0, 0.1) is 0 Å². The quantitative estimate of drug-likeness (QED) is 0.755. The molecule has 18 heavy (non-hydrogen) atoms. The average Bonchev–Trinajstić information content (AvgIpc) is 2.95. The summed E-state index contributed by atoms with van der Waals surface area (Å²) in [6, 6.07) is 0. The molecule has 0 spiro atoms. The van der Waals surface area contributed by atoms with E-state index >= 15 is 0 Å². The fraction of sp³-hybridized carbons (Fsp3) is 0.600. The number of rotatable bonds is 3. The van der Waals surface area contributed by atoms with Gasteiger partial charge in [-0.15, -0.1) is 5.10 Å². The first kappa shape index (κ1) is 11.3.